The third-order valence-electron chi connectivity index (χ3n) is 5.67. The zero-order valence-corrected chi connectivity index (χ0v) is 20.9. The SMILES string of the molecule is COC(C)(C)CCc1cccc(-c2csc(NC(=O)c3cc(F)c(/C=C(\C)C(=O)O)c(F)c3)n2)c1F. The lowest BCUT2D eigenvalue weighted by Gasteiger charge is -2.22. The number of carboxylic acids is 1. The number of hydrogen-bond acceptors (Lipinski definition) is 5. The van der Waals surface area contributed by atoms with Gasteiger partial charge in [-0.1, -0.05) is 12.1 Å². The Morgan fingerprint density at radius 1 is 1.19 bits per heavy atom. The maximum absolute atomic E-state index is 15.2. The number of aromatic nitrogens is 1. The van der Waals surface area contributed by atoms with Gasteiger partial charge in [0.2, 0.25) is 0 Å². The standard InChI is InChI=1S/C26H25F3N2O4S/c1-14(24(33)34)10-18-19(27)11-16(12-20(18)28)23(32)31-25-30-21(13-36-25)17-7-5-6-15(22(17)29)8-9-26(2,3)35-4/h5-7,10-13H,8-9H2,1-4H3,(H,33,34)(H,30,31,32)/b14-10+. The summed E-state index contributed by atoms with van der Waals surface area (Å²) in [6.07, 6.45) is 1.92. The number of aliphatic carboxylic acids is 1. The lowest BCUT2D eigenvalue weighted by Crippen LogP contribution is -2.23. The second-order valence-electron chi connectivity index (χ2n) is 8.72. The molecule has 0 aliphatic heterocycles. The number of aryl methyl sites for hydroxylation is 1. The van der Waals surface area contributed by atoms with Gasteiger partial charge in [-0.2, -0.15) is 0 Å². The molecule has 0 bridgehead atoms. The quantitative estimate of drug-likeness (QED) is 0.324. The first-order chi connectivity index (χ1) is 16.9. The highest BCUT2D eigenvalue weighted by molar-refractivity contribution is 7.14. The number of carbonyl (C=O) groups excluding carboxylic acids is 1. The lowest BCUT2D eigenvalue weighted by molar-refractivity contribution is -0.132. The van der Waals surface area contributed by atoms with Gasteiger partial charge in [0.15, 0.2) is 5.13 Å². The Balaban J connectivity index is 1.78. The van der Waals surface area contributed by atoms with Crippen molar-refractivity contribution in [1.82, 2.24) is 4.98 Å². The second kappa shape index (κ2) is 11.0. The molecule has 0 aliphatic rings. The summed E-state index contributed by atoms with van der Waals surface area (Å²) in [5, 5.41) is 13.0. The van der Waals surface area contributed by atoms with Crippen LogP contribution in [0.3, 0.4) is 0 Å². The summed E-state index contributed by atoms with van der Waals surface area (Å²) in [6, 6.07) is 6.60. The third-order valence-corrected chi connectivity index (χ3v) is 6.43. The van der Waals surface area contributed by atoms with Gasteiger partial charge in [0.1, 0.15) is 17.5 Å². The first-order valence-electron chi connectivity index (χ1n) is 10.9. The number of methoxy groups -OCH3 is 1. The minimum atomic E-state index is -1.32. The molecule has 6 nitrogen and oxygen atoms in total. The predicted octanol–water partition coefficient (Wildman–Crippen LogP) is 6.33. The fourth-order valence-electron chi connectivity index (χ4n) is 3.26. The zero-order valence-electron chi connectivity index (χ0n) is 20.1. The van der Waals surface area contributed by atoms with Crippen LogP contribution in [0.2, 0.25) is 0 Å². The highest BCUT2D eigenvalue weighted by atomic mass is 32.1. The van der Waals surface area contributed by atoms with Crippen molar-refractivity contribution in [2.75, 3.05) is 12.4 Å². The van der Waals surface area contributed by atoms with Crippen LogP contribution in [0.1, 0.15) is 48.7 Å². The molecule has 0 radical (unpaired) electrons. The van der Waals surface area contributed by atoms with E-state index in [1.54, 1.807) is 30.7 Å². The number of carboxylic acid groups (broad SMARTS) is 1. The third kappa shape index (κ3) is 6.38. The maximum Gasteiger partial charge on any atom is 0.331 e. The molecule has 36 heavy (non-hydrogen) atoms. The van der Waals surface area contributed by atoms with Gasteiger partial charge in [0, 0.05) is 34.8 Å². The molecular weight excluding hydrogens is 493 g/mol. The Morgan fingerprint density at radius 2 is 1.86 bits per heavy atom. The largest absolute Gasteiger partial charge is 0.478 e. The van der Waals surface area contributed by atoms with E-state index >= 15 is 4.39 Å². The molecule has 0 saturated heterocycles. The average molecular weight is 519 g/mol. The molecule has 190 valence electrons. The zero-order chi connectivity index (χ0) is 26.6. The maximum atomic E-state index is 15.2. The number of anilines is 1. The number of carbonyl (C=O) groups is 2. The van der Waals surface area contributed by atoms with E-state index in [2.05, 4.69) is 10.3 Å². The summed E-state index contributed by atoms with van der Waals surface area (Å²) >= 11 is 1.03. The molecule has 1 amide bonds. The van der Waals surface area contributed by atoms with Gasteiger partial charge in [-0.3, -0.25) is 10.1 Å². The Hall–Kier alpha value is -3.50. The summed E-state index contributed by atoms with van der Waals surface area (Å²) in [5.41, 5.74) is -0.464. The van der Waals surface area contributed by atoms with Crippen molar-refractivity contribution >= 4 is 34.4 Å². The van der Waals surface area contributed by atoms with Crippen molar-refractivity contribution in [1.29, 1.82) is 0 Å². The molecule has 0 unspecified atom stereocenters. The summed E-state index contributed by atoms with van der Waals surface area (Å²) in [7, 11) is 1.60. The lowest BCUT2D eigenvalue weighted by atomic mass is 9.96. The van der Waals surface area contributed by atoms with Crippen molar-refractivity contribution in [2.24, 2.45) is 0 Å². The second-order valence-corrected chi connectivity index (χ2v) is 9.58. The van der Waals surface area contributed by atoms with Crippen LogP contribution in [-0.4, -0.2) is 34.7 Å². The number of thiazole rings is 1. The molecule has 1 aromatic heterocycles. The summed E-state index contributed by atoms with van der Waals surface area (Å²) in [5.74, 6) is -4.74. The van der Waals surface area contributed by atoms with Crippen molar-refractivity contribution in [3.8, 4) is 11.3 Å². The first kappa shape index (κ1) is 27.1. The van der Waals surface area contributed by atoms with E-state index in [1.807, 2.05) is 13.8 Å². The van der Waals surface area contributed by atoms with E-state index in [4.69, 9.17) is 9.84 Å². The number of halogens is 3. The molecule has 0 fully saturated rings. The van der Waals surface area contributed by atoms with Crippen molar-refractivity contribution in [3.63, 3.8) is 0 Å². The summed E-state index contributed by atoms with van der Waals surface area (Å²) in [4.78, 5) is 27.7. The Morgan fingerprint density at radius 3 is 2.47 bits per heavy atom. The number of amides is 1. The van der Waals surface area contributed by atoms with E-state index in [9.17, 15) is 18.4 Å². The minimum Gasteiger partial charge on any atom is -0.478 e. The number of benzene rings is 2. The van der Waals surface area contributed by atoms with E-state index in [1.165, 1.54) is 6.92 Å². The molecule has 0 saturated carbocycles. The molecule has 3 aromatic rings. The Labute approximate surface area is 210 Å². The van der Waals surface area contributed by atoms with E-state index < -0.39 is 40.5 Å². The van der Waals surface area contributed by atoms with Crippen molar-refractivity contribution in [3.05, 3.63) is 75.4 Å². The van der Waals surface area contributed by atoms with Gasteiger partial charge in [0.25, 0.3) is 5.91 Å². The molecule has 10 heteroatoms. The molecule has 1 heterocycles. The van der Waals surface area contributed by atoms with Gasteiger partial charge in [-0.05, 0) is 63.5 Å². The monoisotopic (exact) mass is 518 g/mol. The molecule has 2 aromatic carbocycles. The first-order valence-corrected chi connectivity index (χ1v) is 11.8. The van der Waals surface area contributed by atoms with Gasteiger partial charge in [-0.25, -0.2) is 22.9 Å². The number of rotatable bonds is 9. The van der Waals surface area contributed by atoms with E-state index in [-0.39, 0.29) is 21.8 Å². The van der Waals surface area contributed by atoms with Gasteiger partial charge in [-0.15, -0.1) is 11.3 Å². The van der Waals surface area contributed by atoms with Crippen LogP contribution in [0.4, 0.5) is 18.3 Å². The van der Waals surface area contributed by atoms with Crippen molar-refractivity contribution < 1.29 is 32.6 Å². The summed E-state index contributed by atoms with van der Waals surface area (Å²) in [6.45, 7) is 5.03. The summed E-state index contributed by atoms with van der Waals surface area (Å²) < 4.78 is 49.3. The number of nitrogens with one attached hydrogen (secondary N) is 1. The number of hydrogen-bond donors (Lipinski definition) is 2. The Bertz CT molecular complexity index is 1310. The number of ether oxygens (including phenoxy) is 1. The molecule has 0 aliphatic carbocycles. The highest BCUT2D eigenvalue weighted by Gasteiger charge is 2.20. The van der Waals surface area contributed by atoms with Crippen LogP contribution in [-0.2, 0) is 16.0 Å². The molecule has 0 atom stereocenters. The predicted molar refractivity (Wildman–Crippen MR) is 133 cm³/mol. The molecule has 2 N–H and O–H groups in total. The number of nitrogens with zero attached hydrogens (tertiary/aromatic N) is 1. The fraction of sp³-hybridized carbons (Fsp3) is 0.269. The van der Waals surface area contributed by atoms with Crippen LogP contribution in [0, 0.1) is 17.5 Å². The average Bonchev–Trinajstić information content (AvgIpc) is 3.28. The van der Waals surface area contributed by atoms with Gasteiger partial charge in [0.05, 0.1) is 11.3 Å². The van der Waals surface area contributed by atoms with Crippen LogP contribution >= 0.6 is 11.3 Å². The van der Waals surface area contributed by atoms with E-state index in [0.29, 0.717) is 24.1 Å². The van der Waals surface area contributed by atoms with Crippen LogP contribution in [0.25, 0.3) is 17.3 Å². The van der Waals surface area contributed by atoms with Crippen LogP contribution in [0.15, 0.2) is 41.3 Å². The minimum absolute atomic E-state index is 0.117. The topological polar surface area (TPSA) is 88.5 Å². The van der Waals surface area contributed by atoms with E-state index in [0.717, 1.165) is 29.5 Å². The van der Waals surface area contributed by atoms with Crippen molar-refractivity contribution in [2.45, 2.75) is 39.2 Å². The normalized spacial score (nSPS) is 12.0. The Kier molecular flexibility index (Phi) is 8.31. The smallest absolute Gasteiger partial charge is 0.331 e. The van der Waals surface area contributed by atoms with Crippen LogP contribution in [0.5, 0.6) is 0 Å². The molecule has 0 spiro atoms. The van der Waals surface area contributed by atoms with Gasteiger partial charge < -0.3 is 9.84 Å². The van der Waals surface area contributed by atoms with Crippen LogP contribution < -0.4 is 5.32 Å². The highest BCUT2D eigenvalue weighted by Crippen LogP contribution is 2.30. The van der Waals surface area contributed by atoms with Gasteiger partial charge >= 0.3 is 5.97 Å². The fourth-order valence-corrected chi connectivity index (χ4v) is 3.97. The molecular formula is C26H25F3N2O4S. The molecule has 3 rings (SSSR count).